The predicted octanol–water partition coefficient (Wildman–Crippen LogP) is 4.68. The molecular formula is C27H21FN2O4S2. The molecule has 4 aromatic rings. The first kappa shape index (κ1) is 24.0. The molecule has 182 valence electrons. The molecule has 2 aromatic heterocycles. The molecule has 3 heterocycles. The zero-order valence-electron chi connectivity index (χ0n) is 19.4. The number of allylic oxidation sites excluding steroid dienone is 1. The number of fused-ring (bicyclic) bond motifs is 1. The van der Waals surface area contributed by atoms with Crippen molar-refractivity contribution in [3.8, 4) is 0 Å². The van der Waals surface area contributed by atoms with Crippen molar-refractivity contribution in [2.75, 3.05) is 6.61 Å². The third kappa shape index (κ3) is 4.72. The molecule has 1 atom stereocenters. The van der Waals surface area contributed by atoms with Crippen LogP contribution in [0.4, 0.5) is 4.39 Å². The lowest BCUT2D eigenvalue weighted by atomic mass is 9.96. The largest absolute Gasteiger partial charge is 0.463 e. The van der Waals surface area contributed by atoms with Gasteiger partial charge in [-0.3, -0.25) is 9.36 Å². The van der Waals surface area contributed by atoms with E-state index in [4.69, 9.17) is 9.15 Å². The van der Waals surface area contributed by atoms with E-state index in [1.807, 2.05) is 36.4 Å². The molecule has 0 amide bonds. The number of carbonyl (C=O) groups is 1. The van der Waals surface area contributed by atoms with E-state index in [0.29, 0.717) is 31.4 Å². The van der Waals surface area contributed by atoms with Gasteiger partial charge in [-0.05, 0) is 55.8 Å². The minimum atomic E-state index is -0.788. The SMILES string of the molecule is CCOC(=O)C1=C(C)N=c2s/c(=C/c3ccc(Sc4ccccc4)o3)c(=O)n2[C@@H]1c1ccc(F)cc1. The number of benzene rings is 2. The summed E-state index contributed by atoms with van der Waals surface area (Å²) in [5.74, 6) is -0.444. The number of furan rings is 1. The summed E-state index contributed by atoms with van der Waals surface area (Å²) < 4.78 is 26.7. The van der Waals surface area contributed by atoms with E-state index in [9.17, 15) is 14.0 Å². The van der Waals surface area contributed by atoms with Gasteiger partial charge in [0.25, 0.3) is 5.56 Å². The molecule has 5 rings (SSSR count). The summed E-state index contributed by atoms with van der Waals surface area (Å²) in [5.41, 5.74) is 0.967. The van der Waals surface area contributed by atoms with E-state index >= 15 is 0 Å². The molecule has 0 bridgehead atoms. The number of halogens is 1. The summed E-state index contributed by atoms with van der Waals surface area (Å²) in [6.45, 7) is 3.60. The standard InChI is InChI=1S/C27H21FN2O4S2/c1-3-33-26(32)23-16(2)29-27-30(24(23)17-9-11-18(28)12-10-17)25(31)21(36-27)15-19-13-14-22(34-19)35-20-7-5-4-6-8-20/h4-15,24H,3H2,1-2H3/b21-15+/t24-/m1/s1. The Kier molecular flexibility index (Phi) is 6.75. The summed E-state index contributed by atoms with van der Waals surface area (Å²) in [7, 11) is 0. The van der Waals surface area contributed by atoms with Crippen LogP contribution in [0, 0.1) is 5.82 Å². The minimum absolute atomic E-state index is 0.179. The molecular weight excluding hydrogens is 499 g/mol. The van der Waals surface area contributed by atoms with Crippen molar-refractivity contribution in [2.45, 2.75) is 29.9 Å². The predicted molar refractivity (Wildman–Crippen MR) is 136 cm³/mol. The van der Waals surface area contributed by atoms with Gasteiger partial charge in [0.2, 0.25) is 0 Å². The second-order valence-electron chi connectivity index (χ2n) is 7.93. The second kappa shape index (κ2) is 10.1. The van der Waals surface area contributed by atoms with Crippen LogP contribution in [0.25, 0.3) is 6.08 Å². The van der Waals surface area contributed by atoms with Crippen LogP contribution in [0.15, 0.2) is 102 Å². The van der Waals surface area contributed by atoms with Gasteiger partial charge in [-0.25, -0.2) is 14.2 Å². The van der Waals surface area contributed by atoms with Crippen LogP contribution >= 0.6 is 23.1 Å². The fourth-order valence-electron chi connectivity index (χ4n) is 3.95. The topological polar surface area (TPSA) is 73.8 Å². The molecule has 0 N–H and O–H groups in total. The lowest BCUT2D eigenvalue weighted by molar-refractivity contribution is -0.139. The van der Waals surface area contributed by atoms with Gasteiger partial charge < -0.3 is 9.15 Å². The number of nitrogens with zero attached hydrogens (tertiary/aromatic N) is 2. The summed E-state index contributed by atoms with van der Waals surface area (Å²) in [6.07, 6.45) is 1.67. The summed E-state index contributed by atoms with van der Waals surface area (Å²) >= 11 is 2.69. The highest BCUT2D eigenvalue weighted by atomic mass is 32.2. The Labute approximate surface area is 214 Å². The van der Waals surface area contributed by atoms with Crippen molar-refractivity contribution in [1.29, 1.82) is 0 Å². The Morgan fingerprint density at radius 2 is 1.92 bits per heavy atom. The highest BCUT2D eigenvalue weighted by Crippen LogP contribution is 2.31. The Bertz CT molecular complexity index is 1630. The number of ether oxygens (including phenoxy) is 1. The Morgan fingerprint density at radius 1 is 1.17 bits per heavy atom. The number of thiazole rings is 1. The average Bonchev–Trinajstić information content (AvgIpc) is 3.43. The van der Waals surface area contributed by atoms with E-state index in [-0.39, 0.29) is 17.7 Å². The van der Waals surface area contributed by atoms with Crippen LogP contribution in [0.1, 0.15) is 31.2 Å². The molecule has 1 aliphatic heterocycles. The molecule has 1 aliphatic rings. The number of hydrogen-bond donors (Lipinski definition) is 0. The van der Waals surface area contributed by atoms with Gasteiger partial charge in [0, 0.05) is 11.0 Å². The first-order valence-corrected chi connectivity index (χ1v) is 12.9. The molecule has 0 unspecified atom stereocenters. The minimum Gasteiger partial charge on any atom is -0.463 e. The molecule has 0 saturated carbocycles. The van der Waals surface area contributed by atoms with Gasteiger partial charge in [0.15, 0.2) is 9.89 Å². The van der Waals surface area contributed by atoms with Gasteiger partial charge in [-0.1, -0.05) is 53.4 Å². The van der Waals surface area contributed by atoms with Crippen LogP contribution in [-0.4, -0.2) is 17.1 Å². The Balaban J connectivity index is 1.59. The second-order valence-corrected chi connectivity index (χ2v) is 10.0. The first-order valence-electron chi connectivity index (χ1n) is 11.2. The van der Waals surface area contributed by atoms with Crippen LogP contribution in [0.3, 0.4) is 0 Å². The number of esters is 1. The van der Waals surface area contributed by atoms with Gasteiger partial charge in [-0.2, -0.15) is 0 Å². The smallest absolute Gasteiger partial charge is 0.338 e. The molecule has 0 fully saturated rings. The van der Waals surface area contributed by atoms with Crippen LogP contribution in [-0.2, 0) is 9.53 Å². The monoisotopic (exact) mass is 520 g/mol. The van der Waals surface area contributed by atoms with Gasteiger partial charge in [0.05, 0.1) is 28.5 Å². The molecule has 0 spiro atoms. The van der Waals surface area contributed by atoms with Crippen molar-refractivity contribution in [2.24, 2.45) is 4.99 Å². The maximum atomic E-state index is 13.7. The zero-order valence-corrected chi connectivity index (χ0v) is 21.1. The molecule has 0 aliphatic carbocycles. The molecule has 0 radical (unpaired) electrons. The maximum Gasteiger partial charge on any atom is 0.338 e. The van der Waals surface area contributed by atoms with E-state index < -0.39 is 17.8 Å². The summed E-state index contributed by atoms with van der Waals surface area (Å²) in [6, 6.07) is 18.4. The highest BCUT2D eigenvalue weighted by molar-refractivity contribution is 7.99. The van der Waals surface area contributed by atoms with E-state index in [1.165, 1.54) is 39.8 Å². The van der Waals surface area contributed by atoms with Gasteiger partial charge in [0.1, 0.15) is 11.6 Å². The fourth-order valence-corrected chi connectivity index (χ4v) is 5.78. The first-order chi connectivity index (χ1) is 17.4. The quantitative estimate of drug-likeness (QED) is 0.345. The average molecular weight is 521 g/mol. The van der Waals surface area contributed by atoms with Crippen LogP contribution in [0.5, 0.6) is 0 Å². The third-order valence-electron chi connectivity index (χ3n) is 5.54. The van der Waals surface area contributed by atoms with Crippen molar-refractivity contribution in [3.05, 3.63) is 115 Å². The fraction of sp³-hybridized carbons (Fsp3) is 0.148. The number of aromatic nitrogens is 1. The Hall–Kier alpha value is -3.69. The van der Waals surface area contributed by atoms with Crippen molar-refractivity contribution >= 4 is 35.1 Å². The molecule has 6 nitrogen and oxygen atoms in total. The molecule has 36 heavy (non-hydrogen) atoms. The maximum absolute atomic E-state index is 13.7. The van der Waals surface area contributed by atoms with E-state index in [0.717, 1.165) is 4.90 Å². The van der Waals surface area contributed by atoms with Crippen molar-refractivity contribution < 1.29 is 18.3 Å². The van der Waals surface area contributed by atoms with Crippen LogP contribution < -0.4 is 14.9 Å². The summed E-state index contributed by atoms with van der Waals surface area (Å²) in [5, 5.41) is 0.699. The van der Waals surface area contributed by atoms with Gasteiger partial charge in [-0.15, -0.1) is 0 Å². The molecule has 2 aromatic carbocycles. The van der Waals surface area contributed by atoms with Gasteiger partial charge >= 0.3 is 5.97 Å². The zero-order chi connectivity index (χ0) is 25.2. The lowest BCUT2D eigenvalue weighted by Gasteiger charge is -2.24. The third-order valence-corrected chi connectivity index (χ3v) is 7.45. The highest BCUT2D eigenvalue weighted by Gasteiger charge is 2.33. The number of carbonyl (C=O) groups excluding carboxylic acids is 1. The lowest BCUT2D eigenvalue weighted by Crippen LogP contribution is -2.39. The number of hydrogen-bond acceptors (Lipinski definition) is 7. The van der Waals surface area contributed by atoms with Crippen LogP contribution in [0.2, 0.25) is 0 Å². The number of rotatable bonds is 6. The normalized spacial score (nSPS) is 15.5. The summed E-state index contributed by atoms with van der Waals surface area (Å²) in [4.78, 5) is 32.5. The Morgan fingerprint density at radius 3 is 2.64 bits per heavy atom. The van der Waals surface area contributed by atoms with Crippen molar-refractivity contribution in [3.63, 3.8) is 0 Å². The molecule has 0 saturated heterocycles. The van der Waals surface area contributed by atoms with E-state index in [1.54, 1.807) is 38.1 Å². The molecule has 9 heteroatoms. The van der Waals surface area contributed by atoms with E-state index in [2.05, 4.69) is 4.99 Å². The van der Waals surface area contributed by atoms with Crippen molar-refractivity contribution in [1.82, 2.24) is 4.57 Å².